The summed E-state index contributed by atoms with van der Waals surface area (Å²) in [4.78, 5) is 36.8. The zero-order valence-electron chi connectivity index (χ0n) is 24.0. The molecule has 9 nitrogen and oxygen atoms in total. The van der Waals surface area contributed by atoms with Crippen molar-refractivity contribution in [3.05, 3.63) is 84.1 Å². The molecular weight excluding hydrogens is 514 g/mol. The first-order valence-corrected chi connectivity index (χ1v) is 13.9. The second kappa shape index (κ2) is 11.4. The van der Waals surface area contributed by atoms with Crippen molar-refractivity contribution >= 4 is 47.0 Å². The largest absolute Gasteiger partial charge is 0.359 e. The van der Waals surface area contributed by atoms with Crippen LogP contribution in [0, 0.1) is 6.92 Å². The van der Waals surface area contributed by atoms with Crippen LogP contribution in [0.25, 0.3) is 11.8 Å². The van der Waals surface area contributed by atoms with E-state index in [0.29, 0.717) is 17.9 Å². The molecule has 1 fully saturated rings. The van der Waals surface area contributed by atoms with E-state index in [9.17, 15) is 9.59 Å². The number of anilines is 2. The predicted octanol–water partition coefficient (Wildman–Crippen LogP) is 5.63. The summed E-state index contributed by atoms with van der Waals surface area (Å²) in [5.74, 6) is 0.0736. The molecule has 2 aliphatic rings. The summed E-state index contributed by atoms with van der Waals surface area (Å²) >= 11 is 0. The smallest absolute Gasteiger partial charge is 0.291 e. The van der Waals surface area contributed by atoms with Crippen molar-refractivity contribution in [1.29, 1.82) is 0 Å². The zero-order valence-corrected chi connectivity index (χ0v) is 24.0. The monoisotopic (exact) mass is 551 g/mol. The van der Waals surface area contributed by atoms with Crippen LogP contribution in [-0.4, -0.2) is 49.6 Å². The van der Waals surface area contributed by atoms with E-state index < -0.39 is 0 Å². The molecule has 1 unspecified atom stereocenters. The Bertz CT molecular complexity index is 1590. The van der Waals surface area contributed by atoms with Gasteiger partial charge in [0.15, 0.2) is 5.82 Å². The molecule has 1 atom stereocenters. The molecule has 0 bridgehead atoms. The molecule has 212 valence electrons. The van der Waals surface area contributed by atoms with E-state index >= 15 is 0 Å². The molecule has 4 heterocycles. The first kappa shape index (κ1) is 27.9. The standard InChI is InChI=1S/C32H37N7O2/c1-7-25-15-24(18-37(25)5)34-32(41)31-36-29(19-38(31)6)35-30(40)11-9-8-10-23-14-28-27(13-21(23)3)22(4)39-17-20(2)12-26(39)16-33-28/h7,13-16,18-19,26H,1-2,4,8-12,17H2,3,5-6H3,(H,34,41)(H,35,40). The molecule has 0 aliphatic carbocycles. The number of nitrogens with zero attached hydrogens (tertiary/aromatic N) is 5. The number of imidazole rings is 1. The van der Waals surface area contributed by atoms with Crippen LogP contribution in [0.15, 0.2) is 60.9 Å². The highest BCUT2D eigenvalue weighted by molar-refractivity contribution is 6.02. The number of rotatable bonds is 9. The van der Waals surface area contributed by atoms with Crippen molar-refractivity contribution < 1.29 is 9.59 Å². The third-order valence-corrected chi connectivity index (χ3v) is 7.75. The highest BCUT2D eigenvalue weighted by Crippen LogP contribution is 2.38. The first-order chi connectivity index (χ1) is 19.6. The highest BCUT2D eigenvalue weighted by Gasteiger charge is 2.30. The van der Waals surface area contributed by atoms with E-state index in [1.807, 2.05) is 23.9 Å². The summed E-state index contributed by atoms with van der Waals surface area (Å²) < 4.78 is 3.47. The molecule has 2 aromatic heterocycles. The van der Waals surface area contributed by atoms with Crippen LogP contribution >= 0.6 is 0 Å². The number of fused-ring (bicyclic) bond motifs is 2. The molecule has 2 N–H and O–H groups in total. The number of aryl methyl sites for hydroxylation is 4. The predicted molar refractivity (Wildman–Crippen MR) is 165 cm³/mol. The minimum absolute atomic E-state index is 0.129. The van der Waals surface area contributed by atoms with Crippen LogP contribution in [0.4, 0.5) is 17.2 Å². The molecular formula is C32H37N7O2. The summed E-state index contributed by atoms with van der Waals surface area (Å²) in [6, 6.07) is 6.40. The lowest BCUT2D eigenvalue weighted by Gasteiger charge is -2.24. The number of benzene rings is 1. The van der Waals surface area contributed by atoms with E-state index in [1.54, 1.807) is 30.1 Å². The average molecular weight is 552 g/mol. The Labute approximate surface area is 241 Å². The summed E-state index contributed by atoms with van der Waals surface area (Å²) in [6.07, 6.45) is 10.9. The Morgan fingerprint density at radius 2 is 1.90 bits per heavy atom. The van der Waals surface area contributed by atoms with Gasteiger partial charge in [0.2, 0.25) is 11.7 Å². The number of carbonyl (C=O) groups excluding carboxylic acids is 2. The van der Waals surface area contributed by atoms with Crippen molar-refractivity contribution in [2.45, 2.75) is 45.1 Å². The van der Waals surface area contributed by atoms with Crippen LogP contribution in [0.5, 0.6) is 0 Å². The quantitative estimate of drug-likeness (QED) is 0.266. The van der Waals surface area contributed by atoms with Gasteiger partial charge in [0, 0.05) is 62.6 Å². The van der Waals surface area contributed by atoms with E-state index in [-0.39, 0.29) is 23.7 Å². The van der Waals surface area contributed by atoms with E-state index in [4.69, 9.17) is 4.99 Å². The van der Waals surface area contributed by atoms with Crippen molar-refractivity contribution in [3.63, 3.8) is 0 Å². The molecule has 41 heavy (non-hydrogen) atoms. The molecule has 5 rings (SSSR count). The Morgan fingerprint density at radius 1 is 1.10 bits per heavy atom. The maximum Gasteiger partial charge on any atom is 0.291 e. The van der Waals surface area contributed by atoms with Gasteiger partial charge in [-0.1, -0.05) is 25.3 Å². The first-order valence-electron chi connectivity index (χ1n) is 13.9. The Balaban J connectivity index is 1.13. The molecule has 2 aliphatic heterocycles. The number of aliphatic imine (C=N–C) groups is 1. The van der Waals surface area contributed by atoms with Gasteiger partial charge in [0.25, 0.3) is 5.91 Å². The van der Waals surface area contributed by atoms with Crippen molar-refractivity contribution in [1.82, 2.24) is 19.0 Å². The summed E-state index contributed by atoms with van der Waals surface area (Å²) in [5.41, 5.74) is 8.22. The number of amides is 2. The summed E-state index contributed by atoms with van der Waals surface area (Å²) in [5, 5.41) is 5.66. The SMILES string of the molecule is C=Cc1cc(NC(=O)c2nc(NC(=O)CCCCc3cc4c(cc3C)C(=C)N3CC(=C)CC3C=N4)cn2C)cn1C. The number of aromatic nitrogens is 3. The van der Waals surface area contributed by atoms with Gasteiger partial charge in [-0.25, -0.2) is 4.98 Å². The van der Waals surface area contributed by atoms with Crippen LogP contribution in [0.2, 0.25) is 0 Å². The van der Waals surface area contributed by atoms with Crippen molar-refractivity contribution in [2.75, 3.05) is 17.2 Å². The lowest BCUT2D eigenvalue weighted by Crippen LogP contribution is -2.27. The van der Waals surface area contributed by atoms with Crippen molar-refractivity contribution in [3.8, 4) is 0 Å². The number of nitrogens with one attached hydrogen (secondary N) is 2. The summed E-state index contributed by atoms with van der Waals surface area (Å²) in [7, 11) is 3.60. The third-order valence-electron chi connectivity index (χ3n) is 7.75. The average Bonchev–Trinajstić information content (AvgIpc) is 3.58. The van der Waals surface area contributed by atoms with E-state index in [0.717, 1.165) is 54.9 Å². The molecule has 0 radical (unpaired) electrons. The number of carbonyl (C=O) groups is 2. The topological polar surface area (TPSA) is 96.6 Å². The molecule has 3 aromatic rings. The lowest BCUT2D eigenvalue weighted by molar-refractivity contribution is -0.116. The normalized spacial score (nSPS) is 15.9. The molecule has 1 aromatic carbocycles. The van der Waals surface area contributed by atoms with Crippen LogP contribution in [-0.2, 0) is 25.3 Å². The Morgan fingerprint density at radius 3 is 2.66 bits per heavy atom. The van der Waals surface area contributed by atoms with Crippen LogP contribution < -0.4 is 10.6 Å². The van der Waals surface area contributed by atoms with Crippen LogP contribution in [0.3, 0.4) is 0 Å². The number of unbranched alkanes of at least 4 members (excludes halogenated alkanes) is 1. The van der Waals surface area contributed by atoms with Crippen LogP contribution in [0.1, 0.15) is 58.7 Å². The molecule has 9 heteroatoms. The zero-order chi connectivity index (χ0) is 29.3. The van der Waals surface area contributed by atoms with Gasteiger partial charge in [-0.05, 0) is 68.0 Å². The fourth-order valence-electron chi connectivity index (χ4n) is 5.51. The fraction of sp³-hybridized carbons (Fsp3) is 0.312. The van der Waals surface area contributed by atoms with Gasteiger partial charge in [0.1, 0.15) is 0 Å². The molecule has 1 saturated heterocycles. The maximum atomic E-state index is 12.7. The Kier molecular flexibility index (Phi) is 7.79. The third kappa shape index (κ3) is 5.94. The molecule has 2 amide bonds. The fourth-order valence-corrected chi connectivity index (χ4v) is 5.51. The molecule has 0 saturated carbocycles. The minimum Gasteiger partial charge on any atom is -0.359 e. The van der Waals surface area contributed by atoms with Gasteiger partial charge in [0.05, 0.1) is 17.4 Å². The highest BCUT2D eigenvalue weighted by atomic mass is 16.2. The van der Waals surface area contributed by atoms with Gasteiger partial charge >= 0.3 is 0 Å². The maximum absolute atomic E-state index is 12.7. The van der Waals surface area contributed by atoms with Gasteiger partial charge in [-0.2, -0.15) is 0 Å². The molecule has 0 spiro atoms. The van der Waals surface area contributed by atoms with Gasteiger partial charge < -0.3 is 24.7 Å². The summed E-state index contributed by atoms with van der Waals surface area (Å²) in [6.45, 7) is 15.2. The minimum atomic E-state index is -0.357. The van der Waals surface area contributed by atoms with E-state index in [1.165, 1.54) is 16.7 Å². The second-order valence-corrected chi connectivity index (χ2v) is 10.9. The van der Waals surface area contributed by atoms with E-state index in [2.05, 4.69) is 59.3 Å². The van der Waals surface area contributed by atoms with Gasteiger partial charge in [-0.3, -0.25) is 14.6 Å². The Hall–Kier alpha value is -4.66. The van der Waals surface area contributed by atoms with Crippen molar-refractivity contribution in [2.24, 2.45) is 19.1 Å². The second-order valence-electron chi connectivity index (χ2n) is 10.9. The lowest BCUT2D eigenvalue weighted by atomic mass is 9.97. The number of hydrogen-bond donors (Lipinski definition) is 2. The van der Waals surface area contributed by atoms with Gasteiger partial charge in [-0.15, -0.1) is 0 Å². The number of hydrogen-bond acceptors (Lipinski definition) is 5.